The molecule has 0 saturated carbocycles. The van der Waals surface area contributed by atoms with Gasteiger partial charge in [0.1, 0.15) is 17.3 Å². The average molecular weight is 340 g/mol. The van der Waals surface area contributed by atoms with Crippen molar-refractivity contribution >= 4 is 5.82 Å². The summed E-state index contributed by atoms with van der Waals surface area (Å²) in [5, 5.41) is 3.83. The molecular weight excluding hydrogens is 320 g/mol. The summed E-state index contributed by atoms with van der Waals surface area (Å²) in [6.07, 6.45) is 1.73. The van der Waals surface area contributed by atoms with Gasteiger partial charge in [0.05, 0.1) is 14.2 Å². The van der Waals surface area contributed by atoms with Crippen molar-refractivity contribution in [2.24, 2.45) is 0 Å². The molecule has 0 unspecified atom stereocenters. The topological polar surface area (TPSA) is 73.5 Å². The van der Waals surface area contributed by atoms with Crippen molar-refractivity contribution in [1.29, 1.82) is 0 Å². The van der Waals surface area contributed by atoms with Gasteiger partial charge in [0.15, 0.2) is 5.82 Å². The van der Waals surface area contributed by atoms with E-state index in [1.807, 2.05) is 42.3 Å². The monoisotopic (exact) mass is 340 g/mol. The zero-order valence-electron chi connectivity index (χ0n) is 14.7. The number of ether oxygens (including phenoxy) is 2. The Bertz CT molecular complexity index is 863. The van der Waals surface area contributed by atoms with Crippen LogP contribution in [0.3, 0.4) is 0 Å². The van der Waals surface area contributed by atoms with Gasteiger partial charge in [0.2, 0.25) is 0 Å². The van der Waals surface area contributed by atoms with Crippen LogP contribution in [0, 0.1) is 6.92 Å². The number of aryl methyl sites for hydroxylation is 1. The molecule has 2 aromatic heterocycles. The number of pyridine rings is 1. The Hall–Kier alpha value is -3.09. The van der Waals surface area contributed by atoms with Gasteiger partial charge in [0, 0.05) is 30.9 Å². The molecule has 3 aromatic rings. The molecule has 130 valence electrons. The molecule has 2 heterocycles. The van der Waals surface area contributed by atoms with E-state index in [0.29, 0.717) is 18.3 Å². The summed E-state index contributed by atoms with van der Waals surface area (Å²) in [4.78, 5) is 10.7. The van der Waals surface area contributed by atoms with Gasteiger partial charge in [-0.3, -0.25) is 0 Å². The second-order valence-corrected chi connectivity index (χ2v) is 5.58. The summed E-state index contributed by atoms with van der Waals surface area (Å²) in [6, 6.07) is 9.49. The molecule has 0 spiro atoms. The highest BCUT2D eigenvalue weighted by atomic mass is 16.5. The molecule has 0 aliphatic rings. The fraction of sp³-hybridized carbons (Fsp3) is 0.278. The second kappa shape index (κ2) is 7.21. The van der Waals surface area contributed by atoms with Crippen LogP contribution in [0.1, 0.15) is 11.4 Å². The standard InChI is InChI=1S/C18H20N4O3/c1-12-20-18(25-21-12)13-7-8-19-17(10-13)22(2)11-14-9-15(23-3)5-6-16(14)24-4/h5-10H,11H2,1-4H3. The molecule has 25 heavy (non-hydrogen) atoms. The van der Waals surface area contributed by atoms with Crippen molar-refractivity contribution in [3.63, 3.8) is 0 Å². The highest BCUT2D eigenvalue weighted by Crippen LogP contribution is 2.27. The molecule has 0 fully saturated rings. The first-order valence-corrected chi connectivity index (χ1v) is 7.79. The van der Waals surface area contributed by atoms with Gasteiger partial charge >= 0.3 is 0 Å². The number of anilines is 1. The van der Waals surface area contributed by atoms with E-state index in [9.17, 15) is 0 Å². The minimum Gasteiger partial charge on any atom is -0.497 e. The molecule has 0 amide bonds. The van der Waals surface area contributed by atoms with Crippen LogP contribution < -0.4 is 14.4 Å². The highest BCUT2D eigenvalue weighted by molar-refractivity contribution is 5.58. The Morgan fingerprint density at radius 2 is 1.96 bits per heavy atom. The predicted molar refractivity (Wildman–Crippen MR) is 93.9 cm³/mol. The van der Waals surface area contributed by atoms with Crippen LogP contribution in [0.2, 0.25) is 0 Å². The lowest BCUT2D eigenvalue weighted by Gasteiger charge is -2.20. The summed E-state index contributed by atoms with van der Waals surface area (Å²) < 4.78 is 16.0. The number of benzene rings is 1. The Morgan fingerprint density at radius 1 is 1.12 bits per heavy atom. The second-order valence-electron chi connectivity index (χ2n) is 5.58. The lowest BCUT2D eigenvalue weighted by Crippen LogP contribution is -2.18. The van der Waals surface area contributed by atoms with Crippen LogP contribution >= 0.6 is 0 Å². The van der Waals surface area contributed by atoms with Gasteiger partial charge in [0.25, 0.3) is 5.89 Å². The van der Waals surface area contributed by atoms with E-state index in [2.05, 4.69) is 15.1 Å². The first-order chi connectivity index (χ1) is 12.1. The third kappa shape index (κ3) is 3.71. The number of methoxy groups -OCH3 is 2. The van der Waals surface area contributed by atoms with Gasteiger partial charge < -0.3 is 18.9 Å². The van der Waals surface area contributed by atoms with E-state index in [1.165, 1.54) is 0 Å². The lowest BCUT2D eigenvalue weighted by atomic mass is 10.1. The molecular formula is C18H20N4O3. The molecule has 0 saturated heterocycles. The zero-order valence-corrected chi connectivity index (χ0v) is 14.7. The fourth-order valence-corrected chi connectivity index (χ4v) is 2.52. The van der Waals surface area contributed by atoms with Crippen molar-refractivity contribution in [2.75, 3.05) is 26.2 Å². The summed E-state index contributed by atoms with van der Waals surface area (Å²) in [5.41, 5.74) is 1.83. The van der Waals surface area contributed by atoms with E-state index < -0.39 is 0 Å². The van der Waals surface area contributed by atoms with Crippen molar-refractivity contribution in [2.45, 2.75) is 13.5 Å². The summed E-state index contributed by atoms with van der Waals surface area (Å²) in [6.45, 7) is 2.40. The van der Waals surface area contributed by atoms with E-state index in [1.54, 1.807) is 27.3 Å². The summed E-state index contributed by atoms with van der Waals surface area (Å²) in [7, 11) is 5.26. The Labute approximate surface area is 146 Å². The van der Waals surface area contributed by atoms with Gasteiger partial charge in [-0.15, -0.1) is 0 Å². The number of hydrogen-bond acceptors (Lipinski definition) is 7. The maximum Gasteiger partial charge on any atom is 0.258 e. The SMILES string of the molecule is COc1ccc(OC)c(CN(C)c2cc(-c3nc(C)no3)ccn2)c1. The van der Waals surface area contributed by atoms with Crippen molar-refractivity contribution in [1.82, 2.24) is 15.1 Å². The highest BCUT2D eigenvalue weighted by Gasteiger charge is 2.12. The maximum atomic E-state index is 5.44. The third-order valence-corrected chi connectivity index (χ3v) is 3.81. The number of aromatic nitrogens is 3. The zero-order chi connectivity index (χ0) is 17.8. The van der Waals surface area contributed by atoms with Crippen LogP contribution in [0.5, 0.6) is 11.5 Å². The predicted octanol–water partition coefficient (Wildman–Crippen LogP) is 3.09. The van der Waals surface area contributed by atoms with Crippen LogP contribution in [0.4, 0.5) is 5.82 Å². The van der Waals surface area contributed by atoms with Gasteiger partial charge in [-0.05, 0) is 37.3 Å². The van der Waals surface area contributed by atoms with Crippen LogP contribution in [-0.4, -0.2) is 36.4 Å². The third-order valence-electron chi connectivity index (χ3n) is 3.81. The minimum absolute atomic E-state index is 0.480. The van der Waals surface area contributed by atoms with Gasteiger partial charge in [-0.1, -0.05) is 5.16 Å². The largest absolute Gasteiger partial charge is 0.497 e. The van der Waals surface area contributed by atoms with Crippen LogP contribution in [-0.2, 0) is 6.54 Å². The van der Waals surface area contributed by atoms with Crippen molar-refractivity contribution < 1.29 is 14.0 Å². The molecule has 3 rings (SSSR count). The summed E-state index contributed by atoms with van der Waals surface area (Å²) in [5.74, 6) is 3.46. The molecule has 0 radical (unpaired) electrons. The van der Waals surface area contributed by atoms with E-state index >= 15 is 0 Å². The maximum absolute atomic E-state index is 5.44. The smallest absolute Gasteiger partial charge is 0.258 e. The molecule has 0 aliphatic carbocycles. The lowest BCUT2D eigenvalue weighted by molar-refractivity contribution is 0.398. The van der Waals surface area contributed by atoms with E-state index in [0.717, 1.165) is 28.4 Å². The van der Waals surface area contributed by atoms with Crippen molar-refractivity contribution in [3.05, 3.63) is 47.9 Å². The Morgan fingerprint density at radius 3 is 2.64 bits per heavy atom. The first-order valence-electron chi connectivity index (χ1n) is 7.79. The van der Waals surface area contributed by atoms with Gasteiger partial charge in [-0.25, -0.2) is 4.98 Å². The molecule has 0 N–H and O–H groups in total. The van der Waals surface area contributed by atoms with E-state index in [4.69, 9.17) is 14.0 Å². The Kier molecular flexibility index (Phi) is 4.83. The molecule has 7 heteroatoms. The summed E-state index contributed by atoms with van der Waals surface area (Å²) >= 11 is 0. The molecule has 0 bridgehead atoms. The number of hydrogen-bond donors (Lipinski definition) is 0. The molecule has 0 atom stereocenters. The molecule has 0 aliphatic heterocycles. The fourth-order valence-electron chi connectivity index (χ4n) is 2.52. The van der Waals surface area contributed by atoms with Crippen LogP contribution in [0.15, 0.2) is 41.1 Å². The minimum atomic E-state index is 0.480. The Balaban J connectivity index is 1.85. The number of nitrogens with zero attached hydrogens (tertiary/aromatic N) is 4. The average Bonchev–Trinajstić information content (AvgIpc) is 3.08. The first kappa shape index (κ1) is 16.8. The molecule has 7 nitrogen and oxygen atoms in total. The van der Waals surface area contributed by atoms with Crippen LogP contribution in [0.25, 0.3) is 11.5 Å². The quantitative estimate of drug-likeness (QED) is 0.682. The van der Waals surface area contributed by atoms with E-state index in [-0.39, 0.29) is 0 Å². The van der Waals surface area contributed by atoms with Crippen molar-refractivity contribution in [3.8, 4) is 23.0 Å². The molecule has 1 aromatic carbocycles. The normalized spacial score (nSPS) is 10.6. The van der Waals surface area contributed by atoms with Gasteiger partial charge in [-0.2, -0.15) is 4.98 Å². The number of rotatable bonds is 6.